The van der Waals surface area contributed by atoms with Crippen molar-refractivity contribution >= 4 is 30.9 Å². The van der Waals surface area contributed by atoms with Gasteiger partial charge < -0.3 is 4.98 Å². The third kappa shape index (κ3) is 2.46. The zero-order chi connectivity index (χ0) is 11.4. The van der Waals surface area contributed by atoms with Crippen molar-refractivity contribution in [2.45, 2.75) is 0 Å². The number of nitrogens with one attached hydrogen (secondary N) is 1. The van der Waals surface area contributed by atoms with E-state index < -0.39 is 0 Å². The fourth-order valence-electron chi connectivity index (χ4n) is 1.46. The molecule has 2 nitrogen and oxygen atoms in total. The van der Waals surface area contributed by atoms with Crippen molar-refractivity contribution in [2.75, 3.05) is 5.75 Å². The van der Waals surface area contributed by atoms with E-state index in [-0.39, 0.29) is 0 Å². The minimum Gasteiger partial charge on any atom is -0.337 e. The number of hydrogen-bond acceptors (Lipinski definition) is 2. The molecule has 2 aromatic rings. The van der Waals surface area contributed by atoms with Gasteiger partial charge in [0.25, 0.3) is 0 Å². The lowest BCUT2D eigenvalue weighted by atomic mass is 10.2. The molecular weight excluding hydrogens is 236 g/mol. The fourth-order valence-corrected chi connectivity index (χ4v) is 1.80. The highest BCUT2D eigenvalue weighted by molar-refractivity contribution is 7.80. The molecule has 2 rings (SSSR count). The zero-order valence-electron chi connectivity index (χ0n) is 8.63. The molecule has 1 aromatic heterocycles. The van der Waals surface area contributed by atoms with E-state index in [1.807, 2.05) is 41.2 Å². The monoisotopic (exact) mass is 248 g/mol. The van der Waals surface area contributed by atoms with Gasteiger partial charge in [-0.15, -0.1) is 0 Å². The topological polar surface area (TPSA) is 20.7 Å². The average molecular weight is 248 g/mol. The number of rotatable bonds is 3. The molecule has 0 aliphatic carbocycles. The molecule has 82 valence electrons. The molecule has 0 unspecified atom stereocenters. The summed E-state index contributed by atoms with van der Waals surface area (Å²) in [6.07, 6.45) is 7.81. The molecule has 4 heteroatoms. The Balaban J connectivity index is 2.30. The van der Waals surface area contributed by atoms with Crippen LogP contribution in [0.2, 0.25) is 0 Å². The number of benzene rings is 1. The maximum Gasteiger partial charge on any atom is 0.181 e. The Kier molecular flexibility index (Phi) is 3.64. The van der Waals surface area contributed by atoms with Crippen LogP contribution in [0.4, 0.5) is 0 Å². The molecule has 0 saturated heterocycles. The van der Waals surface area contributed by atoms with Gasteiger partial charge in [-0.25, -0.2) is 0 Å². The Hall–Kier alpha value is -1.26. The second-order valence-corrected chi connectivity index (χ2v) is 4.06. The number of aromatic amines is 1. The van der Waals surface area contributed by atoms with Gasteiger partial charge in [-0.1, -0.05) is 24.3 Å². The average Bonchev–Trinajstić information content (AvgIpc) is 2.74. The minimum absolute atomic E-state index is 0.707. The quantitative estimate of drug-likeness (QED) is 0.629. The van der Waals surface area contributed by atoms with Crippen LogP contribution >= 0.6 is 24.8 Å². The van der Waals surface area contributed by atoms with Gasteiger partial charge in [-0.3, -0.25) is 4.57 Å². The molecule has 0 radical (unpaired) electrons. The zero-order valence-corrected chi connectivity index (χ0v) is 10.3. The first-order valence-electron chi connectivity index (χ1n) is 4.95. The SMILES string of the molecule is S=c1[nH]ccn1-c1ccc(C=CCS)cc1. The maximum atomic E-state index is 5.15. The normalized spacial score (nSPS) is 11.1. The standard InChI is InChI=1S/C12H12N2S2/c15-9-1-2-10-3-5-11(6-4-10)14-8-7-13-12(14)16/h1-8,15H,9H2,(H,13,16). The van der Waals surface area contributed by atoms with Crippen LogP contribution in [-0.2, 0) is 0 Å². The summed E-state index contributed by atoms with van der Waals surface area (Å²) in [5.41, 5.74) is 2.23. The van der Waals surface area contributed by atoms with Gasteiger partial charge in [-0.2, -0.15) is 12.6 Å². The summed E-state index contributed by atoms with van der Waals surface area (Å²) in [6.45, 7) is 0. The Labute approximate surface area is 105 Å². The second kappa shape index (κ2) is 5.18. The van der Waals surface area contributed by atoms with Crippen LogP contribution < -0.4 is 0 Å². The molecule has 0 aliphatic heterocycles. The summed E-state index contributed by atoms with van der Waals surface area (Å²) < 4.78 is 2.64. The number of hydrogen-bond donors (Lipinski definition) is 2. The van der Waals surface area contributed by atoms with Crippen molar-refractivity contribution in [1.82, 2.24) is 9.55 Å². The van der Waals surface area contributed by atoms with Crippen molar-refractivity contribution in [2.24, 2.45) is 0 Å². The third-order valence-electron chi connectivity index (χ3n) is 2.24. The minimum atomic E-state index is 0.707. The molecule has 0 aliphatic rings. The first-order chi connectivity index (χ1) is 7.81. The molecular formula is C12H12N2S2. The molecule has 1 heterocycles. The summed E-state index contributed by atoms with van der Waals surface area (Å²) in [4.78, 5) is 2.97. The van der Waals surface area contributed by atoms with Crippen molar-refractivity contribution < 1.29 is 0 Å². The highest BCUT2D eigenvalue weighted by atomic mass is 32.1. The first kappa shape index (κ1) is 11.2. The van der Waals surface area contributed by atoms with E-state index >= 15 is 0 Å². The van der Waals surface area contributed by atoms with Crippen LogP contribution in [0.5, 0.6) is 0 Å². The smallest absolute Gasteiger partial charge is 0.181 e. The number of imidazole rings is 1. The van der Waals surface area contributed by atoms with E-state index in [0.717, 1.165) is 11.4 Å². The first-order valence-corrected chi connectivity index (χ1v) is 5.99. The summed E-state index contributed by atoms with van der Waals surface area (Å²) in [5, 5.41) is 0. The Bertz CT molecular complexity index is 535. The molecule has 1 N–H and O–H groups in total. The summed E-state index contributed by atoms with van der Waals surface area (Å²) in [7, 11) is 0. The van der Waals surface area contributed by atoms with Gasteiger partial charge in [0.05, 0.1) is 0 Å². The molecule has 16 heavy (non-hydrogen) atoms. The van der Waals surface area contributed by atoms with E-state index in [1.54, 1.807) is 0 Å². The van der Waals surface area contributed by atoms with E-state index in [1.165, 1.54) is 5.56 Å². The van der Waals surface area contributed by atoms with Crippen molar-refractivity contribution in [3.63, 3.8) is 0 Å². The van der Waals surface area contributed by atoms with Gasteiger partial charge >= 0.3 is 0 Å². The van der Waals surface area contributed by atoms with E-state index in [0.29, 0.717) is 4.77 Å². The highest BCUT2D eigenvalue weighted by Gasteiger charge is 1.96. The third-order valence-corrected chi connectivity index (χ3v) is 2.76. The van der Waals surface area contributed by atoms with Gasteiger partial charge in [-0.05, 0) is 29.9 Å². The van der Waals surface area contributed by atoms with Gasteiger partial charge in [0.15, 0.2) is 4.77 Å². The van der Waals surface area contributed by atoms with Crippen LogP contribution in [0, 0.1) is 4.77 Å². The van der Waals surface area contributed by atoms with E-state index in [4.69, 9.17) is 12.2 Å². The second-order valence-electron chi connectivity index (χ2n) is 3.31. The van der Waals surface area contributed by atoms with Crippen LogP contribution in [0.3, 0.4) is 0 Å². The van der Waals surface area contributed by atoms with Gasteiger partial charge in [0.1, 0.15) is 0 Å². The fraction of sp³-hybridized carbons (Fsp3) is 0.0833. The number of aromatic nitrogens is 2. The van der Waals surface area contributed by atoms with Crippen LogP contribution in [0.1, 0.15) is 5.56 Å². The molecule has 0 saturated carbocycles. The highest BCUT2D eigenvalue weighted by Crippen LogP contribution is 2.11. The van der Waals surface area contributed by atoms with Crippen LogP contribution in [0.15, 0.2) is 42.7 Å². The number of H-pyrrole nitrogens is 1. The molecule has 0 amide bonds. The summed E-state index contributed by atoms with van der Waals surface area (Å²) >= 11 is 9.28. The van der Waals surface area contributed by atoms with Crippen molar-refractivity contribution in [3.8, 4) is 5.69 Å². The molecule has 0 atom stereocenters. The lowest BCUT2D eigenvalue weighted by Crippen LogP contribution is -1.91. The molecule has 0 spiro atoms. The Morgan fingerprint density at radius 3 is 2.62 bits per heavy atom. The molecule has 1 aromatic carbocycles. The number of nitrogens with zero attached hydrogens (tertiary/aromatic N) is 1. The Morgan fingerprint density at radius 2 is 2.06 bits per heavy atom. The summed E-state index contributed by atoms with van der Waals surface area (Å²) in [5.74, 6) is 0.755. The predicted octanol–water partition coefficient (Wildman–Crippen LogP) is 3.48. The largest absolute Gasteiger partial charge is 0.337 e. The molecule has 0 fully saturated rings. The lowest BCUT2D eigenvalue weighted by Gasteiger charge is -2.02. The van der Waals surface area contributed by atoms with E-state index in [2.05, 4.69) is 29.7 Å². The maximum absolute atomic E-state index is 5.15. The van der Waals surface area contributed by atoms with E-state index in [9.17, 15) is 0 Å². The Morgan fingerprint density at radius 1 is 1.31 bits per heavy atom. The van der Waals surface area contributed by atoms with Gasteiger partial charge in [0, 0.05) is 23.8 Å². The predicted molar refractivity (Wildman–Crippen MR) is 73.8 cm³/mol. The number of thiol groups is 1. The van der Waals surface area contributed by atoms with Crippen molar-refractivity contribution in [3.05, 3.63) is 53.1 Å². The van der Waals surface area contributed by atoms with Crippen LogP contribution in [0.25, 0.3) is 11.8 Å². The van der Waals surface area contributed by atoms with Gasteiger partial charge in [0.2, 0.25) is 0 Å². The molecule has 0 bridgehead atoms. The van der Waals surface area contributed by atoms with Crippen LogP contribution in [-0.4, -0.2) is 15.3 Å². The summed E-state index contributed by atoms with van der Waals surface area (Å²) in [6, 6.07) is 8.21. The lowest BCUT2D eigenvalue weighted by molar-refractivity contribution is 1.03. The van der Waals surface area contributed by atoms with Crippen molar-refractivity contribution in [1.29, 1.82) is 0 Å².